The Labute approximate surface area is 366 Å². The van der Waals surface area contributed by atoms with Crippen LogP contribution in [-0.2, 0) is 28.6 Å². The lowest BCUT2D eigenvalue weighted by atomic mass is 10.0. The smallest absolute Gasteiger partial charge is 0.306 e. The molecule has 0 fully saturated rings. The van der Waals surface area contributed by atoms with Gasteiger partial charge in [-0.3, -0.25) is 14.4 Å². The lowest BCUT2D eigenvalue weighted by Crippen LogP contribution is -2.30. The number of hydrogen-bond acceptors (Lipinski definition) is 6. The molecule has 0 aliphatic carbocycles. The third-order valence-corrected chi connectivity index (χ3v) is 11.5. The Bertz CT molecular complexity index is 958. The van der Waals surface area contributed by atoms with Gasteiger partial charge in [-0.1, -0.05) is 238 Å². The van der Waals surface area contributed by atoms with Crippen LogP contribution in [0, 0.1) is 0 Å². The lowest BCUT2D eigenvalue weighted by Gasteiger charge is -2.18. The van der Waals surface area contributed by atoms with Gasteiger partial charge in [0, 0.05) is 19.3 Å². The van der Waals surface area contributed by atoms with E-state index in [9.17, 15) is 14.4 Å². The van der Waals surface area contributed by atoms with E-state index in [0.717, 1.165) is 83.5 Å². The van der Waals surface area contributed by atoms with Crippen molar-refractivity contribution in [3.05, 3.63) is 24.3 Å². The number of esters is 3. The second kappa shape index (κ2) is 48.6. The zero-order chi connectivity index (χ0) is 43.0. The maximum absolute atomic E-state index is 12.7. The highest BCUT2D eigenvalue weighted by atomic mass is 16.6. The van der Waals surface area contributed by atoms with Gasteiger partial charge in [0.15, 0.2) is 6.10 Å². The maximum Gasteiger partial charge on any atom is 0.306 e. The first-order chi connectivity index (χ1) is 29.0. The molecule has 0 aliphatic rings. The summed E-state index contributed by atoms with van der Waals surface area (Å²) in [4.78, 5) is 37.8. The van der Waals surface area contributed by atoms with Crippen LogP contribution in [0.15, 0.2) is 24.3 Å². The van der Waals surface area contributed by atoms with E-state index in [1.165, 1.54) is 154 Å². The van der Waals surface area contributed by atoms with Gasteiger partial charge < -0.3 is 14.2 Å². The number of carbonyl (C=O) groups excluding carboxylic acids is 3. The number of hydrogen-bond donors (Lipinski definition) is 0. The van der Waals surface area contributed by atoms with Gasteiger partial charge in [-0.2, -0.15) is 0 Å². The average molecular weight is 831 g/mol. The molecule has 0 aromatic heterocycles. The van der Waals surface area contributed by atoms with E-state index in [1.807, 2.05) is 0 Å². The SMILES string of the molecule is CCCC/C=C\C/C=C\CCCCCCCC(=O)OC(COC(=O)CCCCCCCCCC)COC(=O)CCCCCCCCCCCCCCCCCCCCC. The van der Waals surface area contributed by atoms with E-state index < -0.39 is 6.10 Å². The van der Waals surface area contributed by atoms with Gasteiger partial charge in [0.2, 0.25) is 0 Å². The first-order valence-electron chi connectivity index (χ1n) is 25.8. The summed E-state index contributed by atoms with van der Waals surface area (Å²) in [6, 6.07) is 0. The molecular weight excluding hydrogens is 733 g/mol. The summed E-state index contributed by atoms with van der Waals surface area (Å²) in [6.07, 6.45) is 54.6. The van der Waals surface area contributed by atoms with Gasteiger partial charge in [-0.05, 0) is 44.9 Å². The van der Waals surface area contributed by atoms with Crippen molar-refractivity contribution >= 4 is 17.9 Å². The Hall–Kier alpha value is -2.11. The Balaban J connectivity index is 4.23. The van der Waals surface area contributed by atoms with E-state index in [0.29, 0.717) is 19.3 Å². The van der Waals surface area contributed by atoms with Gasteiger partial charge in [0.05, 0.1) is 0 Å². The standard InChI is InChI=1S/C53H98O6/c1-4-7-10-13-16-19-21-23-25-26-27-28-29-31-32-34-37-40-43-46-52(55)58-49-50(48-57-51(54)45-42-39-36-18-15-12-9-6-3)59-53(56)47-44-41-38-35-33-30-24-22-20-17-14-11-8-5-2/h14,17,22,24,50H,4-13,15-16,18-21,23,25-49H2,1-3H3/b17-14-,24-22-. The Morgan fingerprint density at radius 2 is 0.627 bits per heavy atom. The minimum atomic E-state index is -0.771. The van der Waals surface area contributed by atoms with Crippen molar-refractivity contribution in [3.63, 3.8) is 0 Å². The van der Waals surface area contributed by atoms with Crippen molar-refractivity contribution in [2.45, 2.75) is 284 Å². The average Bonchev–Trinajstić information content (AvgIpc) is 3.23. The van der Waals surface area contributed by atoms with Crippen LogP contribution in [-0.4, -0.2) is 37.2 Å². The zero-order valence-corrected chi connectivity index (χ0v) is 39.5. The molecule has 1 unspecified atom stereocenters. The fourth-order valence-electron chi connectivity index (χ4n) is 7.52. The van der Waals surface area contributed by atoms with Crippen LogP contribution in [0.25, 0.3) is 0 Å². The Kier molecular flexibility index (Phi) is 46.8. The minimum Gasteiger partial charge on any atom is -0.462 e. The van der Waals surface area contributed by atoms with E-state index in [1.54, 1.807) is 0 Å². The molecule has 1 atom stereocenters. The van der Waals surface area contributed by atoms with E-state index in [2.05, 4.69) is 45.1 Å². The number of carbonyl (C=O) groups is 3. The largest absolute Gasteiger partial charge is 0.462 e. The van der Waals surface area contributed by atoms with Crippen LogP contribution in [0.2, 0.25) is 0 Å². The quantitative estimate of drug-likeness (QED) is 0.0263. The maximum atomic E-state index is 12.7. The molecule has 0 aliphatic heterocycles. The summed E-state index contributed by atoms with van der Waals surface area (Å²) >= 11 is 0. The van der Waals surface area contributed by atoms with E-state index in [-0.39, 0.29) is 31.1 Å². The topological polar surface area (TPSA) is 78.9 Å². The molecule has 0 radical (unpaired) electrons. The lowest BCUT2D eigenvalue weighted by molar-refractivity contribution is -0.167. The molecule has 0 spiro atoms. The molecular formula is C53H98O6. The molecule has 0 aromatic carbocycles. The highest BCUT2D eigenvalue weighted by Gasteiger charge is 2.19. The summed E-state index contributed by atoms with van der Waals surface area (Å²) in [6.45, 7) is 6.59. The number of allylic oxidation sites excluding steroid dienone is 4. The first kappa shape index (κ1) is 56.9. The number of unbranched alkanes of at least 4 members (excludes halogenated alkanes) is 32. The van der Waals surface area contributed by atoms with Crippen LogP contribution < -0.4 is 0 Å². The van der Waals surface area contributed by atoms with Crippen LogP contribution in [0.5, 0.6) is 0 Å². The number of ether oxygens (including phenoxy) is 3. The zero-order valence-electron chi connectivity index (χ0n) is 39.5. The molecule has 0 N–H and O–H groups in total. The fraction of sp³-hybridized carbons (Fsp3) is 0.868. The van der Waals surface area contributed by atoms with Crippen molar-refractivity contribution in [1.29, 1.82) is 0 Å². The summed E-state index contributed by atoms with van der Waals surface area (Å²) in [5.74, 6) is -0.879. The highest BCUT2D eigenvalue weighted by molar-refractivity contribution is 5.71. The van der Waals surface area contributed by atoms with Crippen molar-refractivity contribution in [2.75, 3.05) is 13.2 Å². The molecule has 59 heavy (non-hydrogen) atoms. The Morgan fingerprint density at radius 1 is 0.339 bits per heavy atom. The van der Waals surface area contributed by atoms with Gasteiger partial charge in [-0.15, -0.1) is 0 Å². The van der Waals surface area contributed by atoms with Crippen LogP contribution in [0.4, 0.5) is 0 Å². The summed E-state index contributed by atoms with van der Waals surface area (Å²) in [5.41, 5.74) is 0. The van der Waals surface area contributed by atoms with Crippen molar-refractivity contribution in [1.82, 2.24) is 0 Å². The predicted octanol–water partition coefficient (Wildman–Crippen LogP) is 16.8. The molecule has 6 nitrogen and oxygen atoms in total. The molecule has 0 amide bonds. The second-order valence-electron chi connectivity index (χ2n) is 17.4. The van der Waals surface area contributed by atoms with Gasteiger partial charge in [-0.25, -0.2) is 0 Å². The van der Waals surface area contributed by atoms with Crippen molar-refractivity contribution < 1.29 is 28.6 Å². The van der Waals surface area contributed by atoms with Gasteiger partial charge in [0.1, 0.15) is 13.2 Å². The van der Waals surface area contributed by atoms with E-state index >= 15 is 0 Å². The highest BCUT2D eigenvalue weighted by Crippen LogP contribution is 2.16. The van der Waals surface area contributed by atoms with Crippen molar-refractivity contribution in [2.24, 2.45) is 0 Å². The molecule has 0 heterocycles. The van der Waals surface area contributed by atoms with E-state index in [4.69, 9.17) is 14.2 Å². The third kappa shape index (κ3) is 46.8. The van der Waals surface area contributed by atoms with Crippen molar-refractivity contribution in [3.8, 4) is 0 Å². The molecule has 6 heteroatoms. The minimum absolute atomic E-state index is 0.0726. The summed E-state index contributed by atoms with van der Waals surface area (Å²) < 4.78 is 16.7. The van der Waals surface area contributed by atoms with Crippen LogP contribution in [0.3, 0.4) is 0 Å². The summed E-state index contributed by atoms with van der Waals surface area (Å²) in [5, 5.41) is 0. The molecule has 346 valence electrons. The number of rotatable bonds is 47. The summed E-state index contributed by atoms with van der Waals surface area (Å²) in [7, 11) is 0. The van der Waals surface area contributed by atoms with Crippen LogP contribution >= 0.6 is 0 Å². The molecule has 0 rings (SSSR count). The molecule has 0 bridgehead atoms. The van der Waals surface area contributed by atoms with Crippen LogP contribution in [0.1, 0.15) is 278 Å². The monoisotopic (exact) mass is 831 g/mol. The fourth-order valence-corrected chi connectivity index (χ4v) is 7.52. The third-order valence-electron chi connectivity index (χ3n) is 11.5. The molecule has 0 saturated heterocycles. The molecule has 0 aromatic rings. The van der Waals surface area contributed by atoms with Gasteiger partial charge >= 0.3 is 17.9 Å². The Morgan fingerprint density at radius 3 is 0.983 bits per heavy atom. The second-order valence-corrected chi connectivity index (χ2v) is 17.4. The first-order valence-corrected chi connectivity index (χ1v) is 25.8. The predicted molar refractivity (Wildman–Crippen MR) is 252 cm³/mol. The normalized spacial score (nSPS) is 12.1. The van der Waals surface area contributed by atoms with Gasteiger partial charge in [0.25, 0.3) is 0 Å². The molecule has 0 saturated carbocycles.